The van der Waals surface area contributed by atoms with E-state index >= 15 is 0 Å². The molecule has 0 aliphatic carbocycles. The molecule has 3 N–H and O–H groups in total. The number of carbonyl (C=O) groups is 1. The first-order valence-electron chi connectivity index (χ1n) is 10.3. The van der Waals surface area contributed by atoms with E-state index in [9.17, 15) is 9.90 Å². The lowest BCUT2D eigenvalue weighted by Crippen LogP contribution is -2.49. The lowest BCUT2D eigenvalue weighted by atomic mass is 9.95. The molecule has 1 aliphatic rings. The number of phenols is 1. The van der Waals surface area contributed by atoms with Gasteiger partial charge in [0, 0.05) is 32.2 Å². The zero-order valence-corrected chi connectivity index (χ0v) is 17.0. The molecule has 1 aliphatic heterocycles. The Kier molecular flexibility index (Phi) is 6.00. The first-order valence-corrected chi connectivity index (χ1v) is 10.3. The summed E-state index contributed by atoms with van der Waals surface area (Å²) in [5, 5.41) is 18.5. The molecule has 5 nitrogen and oxygen atoms in total. The highest BCUT2D eigenvalue weighted by molar-refractivity contribution is 5.83. The van der Waals surface area contributed by atoms with Gasteiger partial charge in [-0.3, -0.25) is 0 Å². The molecule has 0 fully saturated rings. The number of fused-ring (bicyclic) bond motifs is 2. The number of aromatic hydroxyl groups is 1. The van der Waals surface area contributed by atoms with Crippen LogP contribution in [-0.4, -0.2) is 35.2 Å². The van der Waals surface area contributed by atoms with E-state index in [1.165, 1.54) is 16.3 Å². The Morgan fingerprint density at radius 3 is 2.80 bits per heavy atom. The molecule has 3 aromatic carbocycles. The molecule has 154 valence electrons. The van der Waals surface area contributed by atoms with E-state index in [0.29, 0.717) is 26.2 Å². The largest absolute Gasteiger partial charge is 0.508 e. The molecule has 5 heteroatoms. The fraction of sp³-hybridized carbons (Fsp3) is 0.240. The van der Waals surface area contributed by atoms with Gasteiger partial charge in [0.15, 0.2) is 0 Å². The molecule has 0 saturated carbocycles. The summed E-state index contributed by atoms with van der Waals surface area (Å²) in [4.78, 5) is 14.6. The molecule has 1 heterocycles. The third kappa shape index (κ3) is 4.63. The summed E-state index contributed by atoms with van der Waals surface area (Å²) in [5.41, 5.74) is 3.40. The summed E-state index contributed by atoms with van der Waals surface area (Å²) >= 11 is 0. The van der Waals surface area contributed by atoms with Gasteiger partial charge in [0.1, 0.15) is 5.75 Å². The Morgan fingerprint density at radius 2 is 1.97 bits per heavy atom. The smallest absolute Gasteiger partial charge is 0.318 e. The van der Waals surface area contributed by atoms with Gasteiger partial charge >= 0.3 is 6.03 Å². The second kappa shape index (κ2) is 9.01. The van der Waals surface area contributed by atoms with Crippen LogP contribution >= 0.6 is 0 Å². The number of phenolic OH excluding ortho intramolecular Hbond substituents is 1. The van der Waals surface area contributed by atoms with Gasteiger partial charge in [-0.15, -0.1) is 6.58 Å². The van der Waals surface area contributed by atoms with Crippen LogP contribution in [0.1, 0.15) is 16.7 Å². The second-order valence-corrected chi connectivity index (χ2v) is 7.77. The maximum absolute atomic E-state index is 12.8. The minimum Gasteiger partial charge on any atom is -0.508 e. The van der Waals surface area contributed by atoms with Crippen LogP contribution in [0.3, 0.4) is 0 Å². The quantitative estimate of drug-likeness (QED) is 0.548. The van der Waals surface area contributed by atoms with Crippen molar-refractivity contribution in [2.24, 2.45) is 0 Å². The van der Waals surface area contributed by atoms with Crippen LogP contribution in [-0.2, 0) is 19.5 Å². The third-order valence-corrected chi connectivity index (χ3v) is 5.57. The number of hydrogen-bond acceptors (Lipinski definition) is 3. The molecule has 4 rings (SSSR count). The van der Waals surface area contributed by atoms with Crippen LogP contribution < -0.4 is 10.6 Å². The average molecular weight is 402 g/mol. The van der Waals surface area contributed by atoms with Gasteiger partial charge in [-0.1, -0.05) is 48.5 Å². The van der Waals surface area contributed by atoms with Gasteiger partial charge in [-0.2, -0.15) is 0 Å². The standard InChI is InChI=1S/C25H27N3O2/c1-2-11-28(17-23-13-21-9-10-24(29)14-22(21)16-26-23)25(30)27-15-18-7-8-19-5-3-4-6-20(19)12-18/h2-10,12,14,23,26,29H,1,11,13,15-17H2,(H,27,30). The minimum atomic E-state index is -0.0960. The molecule has 1 unspecified atom stereocenters. The second-order valence-electron chi connectivity index (χ2n) is 7.77. The highest BCUT2D eigenvalue weighted by Crippen LogP contribution is 2.22. The Balaban J connectivity index is 1.37. The molecule has 0 radical (unpaired) electrons. The van der Waals surface area contributed by atoms with Crippen molar-refractivity contribution in [3.8, 4) is 5.75 Å². The molecule has 3 aromatic rings. The summed E-state index contributed by atoms with van der Waals surface area (Å²) in [6.45, 7) is 6.06. The lowest BCUT2D eigenvalue weighted by Gasteiger charge is -2.31. The molecular formula is C25H27N3O2. The molecule has 2 amide bonds. The lowest BCUT2D eigenvalue weighted by molar-refractivity contribution is 0.195. The van der Waals surface area contributed by atoms with Crippen molar-refractivity contribution in [3.05, 3.63) is 90.0 Å². The Labute approximate surface area is 177 Å². The third-order valence-electron chi connectivity index (χ3n) is 5.57. The van der Waals surface area contributed by atoms with Crippen molar-refractivity contribution >= 4 is 16.8 Å². The van der Waals surface area contributed by atoms with Crippen molar-refractivity contribution in [1.29, 1.82) is 0 Å². The van der Waals surface area contributed by atoms with E-state index < -0.39 is 0 Å². The molecular weight excluding hydrogens is 374 g/mol. The number of nitrogens with one attached hydrogen (secondary N) is 2. The number of amides is 2. The normalized spacial score (nSPS) is 15.4. The number of benzene rings is 3. The predicted molar refractivity (Wildman–Crippen MR) is 120 cm³/mol. The van der Waals surface area contributed by atoms with Crippen LogP contribution in [0.15, 0.2) is 73.3 Å². The van der Waals surface area contributed by atoms with E-state index in [-0.39, 0.29) is 17.8 Å². The highest BCUT2D eigenvalue weighted by atomic mass is 16.3. The fourth-order valence-electron chi connectivity index (χ4n) is 4.00. The number of nitrogens with zero attached hydrogens (tertiary/aromatic N) is 1. The van der Waals surface area contributed by atoms with E-state index in [2.05, 4.69) is 47.5 Å². The van der Waals surface area contributed by atoms with Gasteiger partial charge in [0.25, 0.3) is 0 Å². The summed E-state index contributed by atoms with van der Waals surface area (Å²) < 4.78 is 0. The Morgan fingerprint density at radius 1 is 1.13 bits per heavy atom. The van der Waals surface area contributed by atoms with Gasteiger partial charge in [0.2, 0.25) is 0 Å². The summed E-state index contributed by atoms with van der Waals surface area (Å²) in [7, 11) is 0. The minimum absolute atomic E-state index is 0.0960. The van der Waals surface area contributed by atoms with Gasteiger partial charge < -0.3 is 20.6 Å². The van der Waals surface area contributed by atoms with Gasteiger partial charge in [-0.25, -0.2) is 4.79 Å². The average Bonchev–Trinajstić information content (AvgIpc) is 2.77. The maximum Gasteiger partial charge on any atom is 0.318 e. The zero-order valence-electron chi connectivity index (χ0n) is 17.0. The molecule has 1 atom stereocenters. The number of hydrogen-bond donors (Lipinski definition) is 3. The van der Waals surface area contributed by atoms with Crippen LogP contribution in [0.2, 0.25) is 0 Å². The van der Waals surface area contributed by atoms with E-state index in [0.717, 1.165) is 17.5 Å². The van der Waals surface area contributed by atoms with E-state index in [4.69, 9.17) is 0 Å². The first kappa shape index (κ1) is 20.0. The van der Waals surface area contributed by atoms with Gasteiger partial charge in [-0.05, 0) is 52.1 Å². The Hall–Kier alpha value is -3.31. The summed E-state index contributed by atoms with van der Waals surface area (Å²) in [6.07, 6.45) is 2.58. The number of urea groups is 1. The first-order chi connectivity index (χ1) is 14.6. The number of carbonyl (C=O) groups excluding carboxylic acids is 1. The van der Waals surface area contributed by atoms with Crippen LogP contribution in [0.5, 0.6) is 5.75 Å². The molecule has 0 spiro atoms. The van der Waals surface area contributed by atoms with Crippen molar-refractivity contribution in [2.45, 2.75) is 25.6 Å². The molecule has 0 aromatic heterocycles. The number of rotatable bonds is 6. The van der Waals surface area contributed by atoms with Gasteiger partial charge in [0.05, 0.1) is 0 Å². The topological polar surface area (TPSA) is 64.6 Å². The van der Waals surface area contributed by atoms with E-state index in [1.807, 2.05) is 18.2 Å². The fourth-order valence-corrected chi connectivity index (χ4v) is 4.00. The van der Waals surface area contributed by atoms with E-state index in [1.54, 1.807) is 23.1 Å². The SMILES string of the molecule is C=CCN(CC1Cc2ccc(O)cc2CN1)C(=O)NCc1ccc2ccccc2c1. The van der Waals surface area contributed by atoms with Crippen molar-refractivity contribution in [2.75, 3.05) is 13.1 Å². The van der Waals surface area contributed by atoms with Crippen molar-refractivity contribution < 1.29 is 9.90 Å². The Bertz CT molecular complexity index is 1060. The molecule has 0 bridgehead atoms. The molecule has 0 saturated heterocycles. The van der Waals surface area contributed by atoms with Crippen LogP contribution in [0.4, 0.5) is 4.79 Å². The predicted octanol–water partition coefficient (Wildman–Crippen LogP) is 3.96. The van der Waals surface area contributed by atoms with Crippen molar-refractivity contribution in [3.63, 3.8) is 0 Å². The summed E-state index contributed by atoms with van der Waals surface area (Å²) in [5.74, 6) is 0.287. The highest BCUT2D eigenvalue weighted by Gasteiger charge is 2.22. The van der Waals surface area contributed by atoms with Crippen molar-refractivity contribution in [1.82, 2.24) is 15.5 Å². The monoisotopic (exact) mass is 401 g/mol. The summed E-state index contributed by atoms with van der Waals surface area (Å²) in [6, 6.07) is 20.0. The molecule has 30 heavy (non-hydrogen) atoms. The maximum atomic E-state index is 12.8. The van der Waals surface area contributed by atoms with Crippen LogP contribution in [0, 0.1) is 0 Å². The van der Waals surface area contributed by atoms with Crippen LogP contribution in [0.25, 0.3) is 10.8 Å². The zero-order chi connectivity index (χ0) is 20.9.